The molecule has 116 valence electrons. The molecule has 1 aromatic rings. The van der Waals surface area contributed by atoms with Crippen molar-refractivity contribution in [3.63, 3.8) is 0 Å². The molecule has 1 aromatic carbocycles. The third-order valence-electron chi connectivity index (χ3n) is 3.32. The van der Waals surface area contributed by atoms with Gasteiger partial charge in [0.25, 0.3) is 0 Å². The van der Waals surface area contributed by atoms with Crippen LogP contribution in [0.4, 0.5) is 4.79 Å². The minimum atomic E-state index is -0.804. The Bertz CT molecular complexity index is 448. The van der Waals surface area contributed by atoms with Gasteiger partial charge >= 0.3 is 12.0 Å². The summed E-state index contributed by atoms with van der Waals surface area (Å²) in [6, 6.07) is 9.55. The maximum Gasteiger partial charge on any atom is 0.315 e. The third kappa shape index (κ3) is 6.79. The molecule has 0 spiro atoms. The predicted molar refractivity (Wildman–Crippen MR) is 82.1 cm³/mol. The Morgan fingerprint density at radius 1 is 1.19 bits per heavy atom. The number of hydrogen-bond donors (Lipinski definition) is 3. The summed E-state index contributed by atoms with van der Waals surface area (Å²) >= 11 is 0. The molecular weight excluding hydrogens is 268 g/mol. The lowest BCUT2D eigenvalue weighted by atomic mass is 10.1. The monoisotopic (exact) mass is 292 g/mol. The normalized spacial score (nSPS) is 13.2. The molecule has 21 heavy (non-hydrogen) atoms. The fourth-order valence-electron chi connectivity index (χ4n) is 2.16. The Hall–Kier alpha value is -2.04. The number of rotatable bonds is 8. The summed E-state index contributed by atoms with van der Waals surface area (Å²) < 4.78 is 0. The van der Waals surface area contributed by atoms with Crippen LogP contribution in [-0.2, 0) is 4.79 Å². The highest BCUT2D eigenvalue weighted by molar-refractivity contribution is 5.74. The van der Waals surface area contributed by atoms with E-state index in [4.69, 9.17) is 5.11 Å². The van der Waals surface area contributed by atoms with Gasteiger partial charge in [-0.3, -0.25) is 4.79 Å². The van der Waals surface area contributed by atoms with E-state index in [2.05, 4.69) is 10.6 Å². The zero-order valence-corrected chi connectivity index (χ0v) is 12.6. The second-order valence-electron chi connectivity index (χ2n) is 5.18. The lowest BCUT2D eigenvalue weighted by Crippen LogP contribution is -2.42. The molecule has 0 aromatic heterocycles. The summed E-state index contributed by atoms with van der Waals surface area (Å²) in [5, 5.41) is 14.4. The topological polar surface area (TPSA) is 78.4 Å². The van der Waals surface area contributed by atoms with Gasteiger partial charge in [0.05, 0.1) is 6.04 Å². The molecule has 0 aliphatic carbocycles. The molecular formula is C16H24N2O3. The minimum Gasteiger partial charge on any atom is -0.481 e. The van der Waals surface area contributed by atoms with E-state index in [0.29, 0.717) is 12.8 Å². The van der Waals surface area contributed by atoms with Crippen molar-refractivity contribution in [2.24, 2.45) is 0 Å². The second kappa shape index (κ2) is 9.00. The van der Waals surface area contributed by atoms with Crippen molar-refractivity contribution in [3.8, 4) is 0 Å². The number of carbonyl (C=O) groups is 2. The molecule has 0 saturated heterocycles. The smallest absolute Gasteiger partial charge is 0.315 e. The fourth-order valence-corrected chi connectivity index (χ4v) is 2.16. The number of amides is 2. The Labute approximate surface area is 125 Å². The highest BCUT2D eigenvalue weighted by Crippen LogP contribution is 2.15. The zero-order chi connectivity index (χ0) is 15.7. The number of hydrogen-bond acceptors (Lipinski definition) is 2. The number of urea groups is 1. The van der Waals surface area contributed by atoms with Gasteiger partial charge in [-0.05, 0) is 31.7 Å². The molecule has 0 aliphatic rings. The van der Waals surface area contributed by atoms with E-state index in [-0.39, 0.29) is 24.5 Å². The van der Waals surface area contributed by atoms with Crippen LogP contribution in [0.2, 0.25) is 0 Å². The van der Waals surface area contributed by atoms with Crippen LogP contribution in [0, 0.1) is 0 Å². The van der Waals surface area contributed by atoms with Crippen molar-refractivity contribution < 1.29 is 14.7 Å². The van der Waals surface area contributed by atoms with Crippen molar-refractivity contribution in [1.82, 2.24) is 10.6 Å². The van der Waals surface area contributed by atoms with Crippen LogP contribution >= 0.6 is 0 Å². The number of carboxylic acid groups (broad SMARTS) is 1. The maximum atomic E-state index is 12.0. The molecule has 0 bridgehead atoms. The number of carboxylic acids is 1. The van der Waals surface area contributed by atoms with Crippen molar-refractivity contribution >= 4 is 12.0 Å². The zero-order valence-electron chi connectivity index (χ0n) is 12.6. The van der Waals surface area contributed by atoms with Gasteiger partial charge in [-0.25, -0.2) is 4.79 Å². The molecule has 2 atom stereocenters. The molecule has 3 N–H and O–H groups in total. The standard InChI is InChI=1S/C16H24N2O3/c1-3-14(13-9-5-4-6-10-13)18-16(21)17-12(2)8-7-11-15(19)20/h4-6,9-10,12,14H,3,7-8,11H2,1-2H3,(H,19,20)(H2,17,18,21). The van der Waals surface area contributed by atoms with Crippen LogP contribution < -0.4 is 10.6 Å². The SMILES string of the molecule is CCC(NC(=O)NC(C)CCCC(=O)O)c1ccccc1. The molecule has 0 radical (unpaired) electrons. The van der Waals surface area contributed by atoms with E-state index in [9.17, 15) is 9.59 Å². The largest absolute Gasteiger partial charge is 0.481 e. The lowest BCUT2D eigenvalue weighted by molar-refractivity contribution is -0.137. The quantitative estimate of drug-likeness (QED) is 0.689. The van der Waals surface area contributed by atoms with Gasteiger partial charge in [-0.2, -0.15) is 0 Å². The molecule has 2 amide bonds. The average Bonchev–Trinajstić information content (AvgIpc) is 2.45. The molecule has 2 unspecified atom stereocenters. The Morgan fingerprint density at radius 2 is 1.86 bits per heavy atom. The molecule has 1 rings (SSSR count). The van der Waals surface area contributed by atoms with E-state index in [0.717, 1.165) is 12.0 Å². The Morgan fingerprint density at radius 3 is 2.43 bits per heavy atom. The van der Waals surface area contributed by atoms with Crippen LogP contribution in [0.3, 0.4) is 0 Å². The predicted octanol–water partition coefficient (Wildman–Crippen LogP) is 3.08. The highest BCUT2D eigenvalue weighted by Gasteiger charge is 2.14. The number of benzene rings is 1. The van der Waals surface area contributed by atoms with Crippen LogP contribution in [0.25, 0.3) is 0 Å². The van der Waals surface area contributed by atoms with Gasteiger partial charge < -0.3 is 15.7 Å². The first-order valence-corrected chi connectivity index (χ1v) is 7.36. The Kier molecular flexibility index (Phi) is 7.29. The maximum absolute atomic E-state index is 12.0. The molecule has 0 fully saturated rings. The van der Waals surface area contributed by atoms with Gasteiger partial charge in [0, 0.05) is 12.5 Å². The lowest BCUT2D eigenvalue weighted by Gasteiger charge is -2.20. The van der Waals surface area contributed by atoms with E-state index < -0.39 is 5.97 Å². The minimum absolute atomic E-state index is 0.0163. The van der Waals surface area contributed by atoms with Crippen LogP contribution in [0.5, 0.6) is 0 Å². The first-order chi connectivity index (χ1) is 10.0. The van der Waals surface area contributed by atoms with Crippen molar-refractivity contribution in [1.29, 1.82) is 0 Å². The summed E-state index contributed by atoms with van der Waals surface area (Å²) in [6.45, 7) is 3.90. The summed E-state index contributed by atoms with van der Waals surface area (Å²) in [6.07, 6.45) is 2.16. The second-order valence-corrected chi connectivity index (χ2v) is 5.18. The van der Waals surface area contributed by atoms with Gasteiger partial charge in [-0.1, -0.05) is 37.3 Å². The van der Waals surface area contributed by atoms with Gasteiger partial charge in [-0.15, -0.1) is 0 Å². The fraction of sp³-hybridized carbons (Fsp3) is 0.500. The number of nitrogens with one attached hydrogen (secondary N) is 2. The van der Waals surface area contributed by atoms with Gasteiger partial charge in [0.2, 0.25) is 0 Å². The summed E-state index contributed by atoms with van der Waals surface area (Å²) in [5.74, 6) is -0.804. The summed E-state index contributed by atoms with van der Waals surface area (Å²) in [7, 11) is 0. The first kappa shape index (κ1) is 17.0. The van der Waals surface area contributed by atoms with Crippen LogP contribution in [0.1, 0.15) is 51.1 Å². The molecule has 5 heteroatoms. The van der Waals surface area contributed by atoms with Crippen LogP contribution in [-0.4, -0.2) is 23.1 Å². The van der Waals surface area contributed by atoms with Gasteiger partial charge in [0.15, 0.2) is 0 Å². The Balaban J connectivity index is 2.39. The van der Waals surface area contributed by atoms with E-state index >= 15 is 0 Å². The van der Waals surface area contributed by atoms with Crippen molar-refractivity contribution in [2.75, 3.05) is 0 Å². The van der Waals surface area contributed by atoms with E-state index in [1.165, 1.54) is 0 Å². The highest BCUT2D eigenvalue weighted by atomic mass is 16.4. The van der Waals surface area contributed by atoms with Crippen LogP contribution in [0.15, 0.2) is 30.3 Å². The van der Waals surface area contributed by atoms with E-state index in [1.807, 2.05) is 44.2 Å². The van der Waals surface area contributed by atoms with Crippen molar-refractivity contribution in [3.05, 3.63) is 35.9 Å². The summed E-state index contributed by atoms with van der Waals surface area (Å²) in [5.41, 5.74) is 1.08. The average molecular weight is 292 g/mol. The third-order valence-corrected chi connectivity index (χ3v) is 3.32. The number of aliphatic carboxylic acids is 1. The first-order valence-electron chi connectivity index (χ1n) is 7.36. The molecule has 0 heterocycles. The summed E-state index contributed by atoms with van der Waals surface area (Å²) in [4.78, 5) is 22.4. The number of carbonyl (C=O) groups excluding carboxylic acids is 1. The van der Waals surface area contributed by atoms with Gasteiger partial charge in [0.1, 0.15) is 0 Å². The van der Waals surface area contributed by atoms with E-state index in [1.54, 1.807) is 0 Å². The van der Waals surface area contributed by atoms with Crippen molar-refractivity contribution in [2.45, 2.75) is 51.6 Å². The molecule has 0 saturated carbocycles. The molecule has 0 aliphatic heterocycles. The molecule has 5 nitrogen and oxygen atoms in total.